The van der Waals surface area contributed by atoms with Gasteiger partial charge in [-0.15, -0.1) is 0 Å². The van der Waals surface area contributed by atoms with E-state index in [-0.39, 0.29) is 0 Å². The second-order valence-corrected chi connectivity index (χ2v) is 6.35. The van der Waals surface area contributed by atoms with Crippen LogP contribution in [0.2, 0.25) is 0 Å². The lowest BCUT2D eigenvalue weighted by atomic mass is 9.89. The second-order valence-electron chi connectivity index (χ2n) is 4.98. The van der Waals surface area contributed by atoms with Crippen LogP contribution in [0.3, 0.4) is 0 Å². The van der Waals surface area contributed by atoms with Crippen molar-refractivity contribution in [2.45, 2.75) is 44.2 Å². The average Bonchev–Trinajstić information content (AvgIpc) is 2.39. The van der Waals surface area contributed by atoms with Crippen molar-refractivity contribution in [2.24, 2.45) is 5.92 Å². The van der Waals surface area contributed by atoms with Gasteiger partial charge in [0.2, 0.25) is 0 Å². The van der Waals surface area contributed by atoms with E-state index in [9.17, 15) is 13.2 Å². The molecule has 0 spiro atoms. The maximum atomic E-state index is 10.7. The zero-order chi connectivity index (χ0) is 15.9. The molecule has 1 aliphatic carbocycles. The van der Waals surface area contributed by atoms with Crippen molar-refractivity contribution >= 4 is 10.1 Å². The number of pyridine rings is 1. The molecule has 4 nitrogen and oxygen atoms in total. The maximum Gasteiger partial charge on any atom is 0.485 e. The molecule has 1 aliphatic rings. The highest BCUT2D eigenvalue weighted by molar-refractivity contribution is 7.86. The summed E-state index contributed by atoms with van der Waals surface area (Å²) >= 11 is 0. The molecule has 120 valence electrons. The normalized spacial score (nSPS) is 17.0. The first-order valence-electron chi connectivity index (χ1n) is 6.66. The van der Waals surface area contributed by atoms with Crippen LogP contribution < -0.4 is 4.57 Å². The van der Waals surface area contributed by atoms with Crippen molar-refractivity contribution in [1.82, 2.24) is 0 Å². The average molecular weight is 325 g/mol. The van der Waals surface area contributed by atoms with Crippen LogP contribution in [0.5, 0.6) is 0 Å². The molecule has 2 rings (SSSR count). The molecule has 0 radical (unpaired) electrons. The SMILES string of the molecule is O=S(=O)([O-])C(F)(F)F.c1cc[n+](CC2CCCCC2)cc1. The number of rotatable bonds is 2. The summed E-state index contributed by atoms with van der Waals surface area (Å²) in [6, 6.07) is 6.31. The fraction of sp³-hybridized carbons (Fsp3) is 0.615. The zero-order valence-electron chi connectivity index (χ0n) is 11.4. The van der Waals surface area contributed by atoms with Gasteiger partial charge in [0, 0.05) is 18.1 Å². The lowest BCUT2D eigenvalue weighted by Gasteiger charge is -2.18. The summed E-state index contributed by atoms with van der Waals surface area (Å²) in [4.78, 5) is 0. The minimum atomic E-state index is -6.09. The van der Waals surface area contributed by atoms with E-state index in [1.54, 1.807) is 0 Å². The molecule has 0 atom stereocenters. The van der Waals surface area contributed by atoms with Gasteiger partial charge in [0.1, 0.15) is 0 Å². The smallest absolute Gasteiger partial charge is 0.485 e. The fourth-order valence-corrected chi connectivity index (χ4v) is 2.22. The Kier molecular flexibility index (Phi) is 6.60. The molecule has 0 amide bonds. The first-order chi connectivity index (χ1) is 9.70. The number of hydrogen-bond acceptors (Lipinski definition) is 3. The standard InChI is InChI=1S/C12H18N.CHF3O3S/c1-3-7-12(8-4-1)11-13-9-5-2-6-10-13;2-1(3,4)8(5,6)7/h2,5-6,9-10,12H,1,3-4,7-8,11H2;(H,5,6,7)/q+1;/p-1. The van der Waals surface area contributed by atoms with Gasteiger partial charge < -0.3 is 4.55 Å². The Morgan fingerprint density at radius 2 is 1.52 bits per heavy atom. The van der Waals surface area contributed by atoms with Crippen LogP contribution in [-0.2, 0) is 16.7 Å². The van der Waals surface area contributed by atoms with Crippen LogP contribution in [0.25, 0.3) is 0 Å². The Morgan fingerprint density at radius 1 is 1.05 bits per heavy atom. The minimum absolute atomic E-state index is 0.932. The van der Waals surface area contributed by atoms with Crippen LogP contribution >= 0.6 is 0 Å². The maximum absolute atomic E-state index is 10.7. The molecule has 0 unspecified atom stereocenters. The van der Waals surface area contributed by atoms with Crippen molar-refractivity contribution < 1.29 is 30.7 Å². The Labute approximate surface area is 122 Å². The summed E-state index contributed by atoms with van der Waals surface area (Å²) in [6.07, 6.45) is 11.6. The Balaban J connectivity index is 0.000000240. The molecule has 0 bridgehead atoms. The molecule has 1 aromatic rings. The molecule has 1 heterocycles. The summed E-state index contributed by atoms with van der Waals surface area (Å²) in [5, 5.41) is 0. The molecule has 8 heteroatoms. The lowest BCUT2D eigenvalue weighted by Crippen LogP contribution is -2.37. The summed E-state index contributed by atoms with van der Waals surface area (Å²) in [5.74, 6) is 0.932. The quantitative estimate of drug-likeness (QED) is 0.477. The van der Waals surface area contributed by atoms with Gasteiger partial charge in [0.25, 0.3) is 0 Å². The highest BCUT2D eigenvalue weighted by atomic mass is 32.2. The van der Waals surface area contributed by atoms with Gasteiger partial charge >= 0.3 is 5.51 Å². The first-order valence-corrected chi connectivity index (χ1v) is 8.07. The Hall–Kier alpha value is -1.15. The van der Waals surface area contributed by atoms with Gasteiger partial charge in [-0.25, -0.2) is 13.0 Å². The van der Waals surface area contributed by atoms with Gasteiger partial charge in [0.15, 0.2) is 29.1 Å². The monoisotopic (exact) mass is 325 g/mol. The highest BCUT2D eigenvalue weighted by Gasteiger charge is 2.36. The molecule has 1 aromatic heterocycles. The Bertz CT molecular complexity index is 511. The molecular weight excluding hydrogens is 307 g/mol. The third-order valence-corrected chi connectivity index (χ3v) is 3.82. The van der Waals surface area contributed by atoms with Crippen molar-refractivity contribution in [1.29, 1.82) is 0 Å². The molecule has 0 aromatic carbocycles. The third kappa shape index (κ3) is 6.90. The van der Waals surface area contributed by atoms with E-state index in [0.29, 0.717) is 0 Å². The molecule has 0 aliphatic heterocycles. The largest absolute Gasteiger partial charge is 0.741 e. The van der Waals surface area contributed by atoms with Gasteiger partial charge in [-0.2, -0.15) is 13.2 Å². The number of nitrogens with zero attached hydrogens (tertiary/aromatic N) is 1. The van der Waals surface area contributed by atoms with E-state index >= 15 is 0 Å². The Morgan fingerprint density at radius 3 is 1.95 bits per heavy atom. The number of hydrogen-bond donors (Lipinski definition) is 0. The third-order valence-electron chi connectivity index (χ3n) is 3.25. The number of halogens is 3. The van der Waals surface area contributed by atoms with Crippen LogP contribution in [0.4, 0.5) is 13.2 Å². The summed E-state index contributed by atoms with van der Waals surface area (Å²) < 4.78 is 61.2. The molecular formula is C13H18F3NO3S. The topological polar surface area (TPSA) is 61.1 Å². The zero-order valence-corrected chi connectivity index (χ0v) is 12.2. The highest BCUT2D eigenvalue weighted by Crippen LogP contribution is 2.23. The predicted molar refractivity (Wildman–Crippen MR) is 69.0 cm³/mol. The minimum Gasteiger partial charge on any atom is -0.741 e. The van der Waals surface area contributed by atoms with E-state index in [1.165, 1.54) is 38.6 Å². The van der Waals surface area contributed by atoms with Gasteiger partial charge in [-0.05, 0) is 12.8 Å². The van der Waals surface area contributed by atoms with E-state index in [1.807, 2.05) is 0 Å². The summed E-state index contributed by atoms with van der Waals surface area (Å²) in [7, 11) is -6.09. The molecule has 21 heavy (non-hydrogen) atoms. The van der Waals surface area contributed by atoms with E-state index < -0.39 is 15.6 Å². The number of aromatic nitrogens is 1. The molecule has 0 saturated heterocycles. The van der Waals surface area contributed by atoms with Crippen molar-refractivity contribution in [3.05, 3.63) is 30.6 Å². The molecule has 0 N–H and O–H groups in total. The molecule has 1 fully saturated rings. The van der Waals surface area contributed by atoms with Crippen LogP contribution in [0, 0.1) is 5.92 Å². The van der Waals surface area contributed by atoms with E-state index in [2.05, 4.69) is 35.2 Å². The first kappa shape index (κ1) is 17.9. The van der Waals surface area contributed by atoms with Gasteiger partial charge in [-0.1, -0.05) is 25.3 Å². The predicted octanol–water partition coefficient (Wildman–Crippen LogP) is 2.61. The second kappa shape index (κ2) is 7.74. The van der Waals surface area contributed by atoms with Crippen molar-refractivity contribution in [3.8, 4) is 0 Å². The summed E-state index contributed by atoms with van der Waals surface area (Å²) in [6.45, 7) is 1.22. The van der Waals surface area contributed by atoms with Gasteiger partial charge in [0.05, 0.1) is 0 Å². The van der Waals surface area contributed by atoms with Crippen LogP contribution in [0.15, 0.2) is 30.6 Å². The van der Waals surface area contributed by atoms with Gasteiger partial charge in [-0.3, -0.25) is 0 Å². The lowest BCUT2D eigenvalue weighted by molar-refractivity contribution is -0.703. The van der Waals surface area contributed by atoms with Crippen molar-refractivity contribution in [2.75, 3.05) is 0 Å². The molecule has 1 saturated carbocycles. The van der Waals surface area contributed by atoms with Crippen LogP contribution in [-0.4, -0.2) is 18.5 Å². The van der Waals surface area contributed by atoms with Crippen molar-refractivity contribution in [3.63, 3.8) is 0 Å². The van der Waals surface area contributed by atoms with Crippen LogP contribution in [0.1, 0.15) is 32.1 Å². The number of alkyl halides is 3. The van der Waals surface area contributed by atoms with E-state index in [4.69, 9.17) is 13.0 Å². The fourth-order valence-electron chi connectivity index (χ4n) is 2.22. The van der Waals surface area contributed by atoms with E-state index in [0.717, 1.165) is 5.92 Å². The summed E-state index contributed by atoms with van der Waals surface area (Å²) in [5.41, 5.74) is -5.65.